The van der Waals surface area contributed by atoms with Crippen LogP contribution in [-0.4, -0.2) is 50.4 Å². The van der Waals surface area contributed by atoms with Crippen molar-refractivity contribution in [3.05, 3.63) is 65.5 Å². The molecule has 1 atom stereocenters. The van der Waals surface area contributed by atoms with E-state index in [0.717, 1.165) is 5.56 Å². The highest BCUT2D eigenvalue weighted by Gasteiger charge is 2.33. The molecule has 0 spiro atoms. The summed E-state index contributed by atoms with van der Waals surface area (Å²) in [6.45, 7) is 1.56. The molecular formula is C18H22N4O4S. The van der Waals surface area contributed by atoms with Crippen LogP contribution in [0.1, 0.15) is 27.7 Å². The molecule has 8 nitrogen and oxygen atoms in total. The summed E-state index contributed by atoms with van der Waals surface area (Å²) in [5.74, 6) is -0.485. The predicted octanol–water partition coefficient (Wildman–Crippen LogP) is 0.849. The molecule has 1 unspecified atom stereocenters. The maximum absolute atomic E-state index is 12.8. The molecule has 1 aliphatic rings. The number of rotatable bonds is 6. The third kappa shape index (κ3) is 4.69. The van der Waals surface area contributed by atoms with E-state index >= 15 is 0 Å². The Labute approximate surface area is 158 Å². The van der Waals surface area contributed by atoms with Crippen molar-refractivity contribution in [2.75, 3.05) is 26.7 Å². The summed E-state index contributed by atoms with van der Waals surface area (Å²) in [4.78, 5) is 15.5. The van der Waals surface area contributed by atoms with E-state index in [2.05, 4.69) is 19.8 Å². The van der Waals surface area contributed by atoms with Gasteiger partial charge in [0, 0.05) is 25.8 Å². The number of nitrogens with zero attached hydrogens (tertiary/aromatic N) is 2. The second-order valence-corrected chi connectivity index (χ2v) is 7.81. The van der Waals surface area contributed by atoms with E-state index in [4.69, 9.17) is 0 Å². The minimum atomic E-state index is -3.70. The van der Waals surface area contributed by atoms with Crippen molar-refractivity contribution >= 4 is 16.2 Å². The standard InChI is InChI=1S/C18H22N4O4S/c1-26-18(23)15-7-8-16(20-11-15)12-21-27(24,25)22-10-9-19-13-17(22)14-5-3-2-4-6-14/h2-8,11,17,19,21H,9-10,12-13H2,1H3. The second-order valence-electron chi connectivity index (χ2n) is 6.10. The molecular weight excluding hydrogens is 368 g/mol. The van der Waals surface area contributed by atoms with E-state index in [0.29, 0.717) is 30.9 Å². The minimum absolute atomic E-state index is 0.0369. The third-order valence-corrected chi connectivity index (χ3v) is 5.93. The zero-order chi connectivity index (χ0) is 19.3. The average molecular weight is 390 g/mol. The monoisotopic (exact) mass is 390 g/mol. The molecule has 1 aromatic carbocycles. The Balaban J connectivity index is 1.70. The number of carbonyl (C=O) groups excluding carboxylic acids is 1. The summed E-state index contributed by atoms with van der Waals surface area (Å²) in [5.41, 5.74) is 1.77. The first-order chi connectivity index (χ1) is 13.0. The Morgan fingerprint density at radius 1 is 1.30 bits per heavy atom. The van der Waals surface area contributed by atoms with Crippen LogP contribution in [0.4, 0.5) is 0 Å². The minimum Gasteiger partial charge on any atom is -0.465 e. The summed E-state index contributed by atoms with van der Waals surface area (Å²) < 4.78 is 34.4. The van der Waals surface area contributed by atoms with E-state index < -0.39 is 16.2 Å². The molecule has 0 bridgehead atoms. The predicted molar refractivity (Wildman–Crippen MR) is 100 cm³/mol. The SMILES string of the molecule is COC(=O)c1ccc(CNS(=O)(=O)N2CCNCC2c2ccccc2)nc1. The summed E-state index contributed by atoms with van der Waals surface area (Å²) >= 11 is 0. The Kier molecular flexibility index (Phi) is 6.17. The number of hydrogen-bond donors (Lipinski definition) is 2. The number of piperazine rings is 1. The van der Waals surface area contributed by atoms with Gasteiger partial charge < -0.3 is 10.1 Å². The first-order valence-electron chi connectivity index (χ1n) is 8.56. The van der Waals surface area contributed by atoms with Gasteiger partial charge in [-0.25, -0.2) is 4.79 Å². The number of methoxy groups -OCH3 is 1. The van der Waals surface area contributed by atoms with Crippen molar-refractivity contribution in [3.63, 3.8) is 0 Å². The smallest absolute Gasteiger partial charge is 0.339 e. The first-order valence-corrected chi connectivity index (χ1v) is 10.0. The number of pyridine rings is 1. The molecule has 144 valence electrons. The molecule has 2 N–H and O–H groups in total. The molecule has 1 fully saturated rings. The van der Waals surface area contributed by atoms with Crippen LogP contribution in [0.3, 0.4) is 0 Å². The van der Waals surface area contributed by atoms with Crippen molar-refractivity contribution in [3.8, 4) is 0 Å². The van der Waals surface area contributed by atoms with Crippen LogP contribution in [0.25, 0.3) is 0 Å². The lowest BCUT2D eigenvalue weighted by atomic mass is 10.1. The zero-order valence-electron chi connectivity index (χ0n) is 15.0. The van der Waals surface area contributed by atoms with Gasteiger partial charge in [0.15, 0.2) is 0 Å². The van der Waals surface area contributed by atoms with Gasteiger partial charge in [-0.15, -0.1) is 0 Å². The lowest BCUT2D eigenvalue weighted by Crippen LogP contribution is -2.52. The number of benzene rings is 1. The highest BCUT2D eigenvalue weighted by molar-refractivity contribution is 7.87. The van der Waals surface area contributed by atoms with Gasteiger partial charge in [-0.3, -0.25) is 4.98 Å². The number of esters is 1. The highest BCUT2D eigenvalue weighted by Crippen LogP contribution is 2.24. The lowest BCUT2D eigenvalue weighted by Gasteiger charge is -2.35. The number of nitrogens with one attached hydrogen (secondary N) is 2. The van der Waals surface area contributed by atoms with Gasteiger partial charge in [0.2, 0.25) is 0 Å². The Bertz CT molecular complexity index is 872. The Hall–Kier alpha value is -2.33. The van der Waals surface area contributed by atoms with E-state index in [-0.39, 0.29) is 12.6 Å². The van der Waals surface area contributed by atoms with E-state index in [1.165, 1.54) is 17.6 Å². The van der Waals surface area contributed by atoms with E-state index in [9.17, 15) is 13.2 Å². The molecule has 0 amide bonds. The highest BCUT2D eigenvalue weighted by atomic mass is 32.2. The molecule has 3 rings (SSSR count). The molecule has 9 heteroatoms. The number of carbonyl (C=O) groups is 1. The van der Waals surface area contributed by atoms with Crippen LogP contribution < -0.4 is 10.0 Å². The summed E-state index contributed by atoms with van der Waals surface area (Å²) in [6, 6.07) is 12.4. The fourth-order valence-electron chi connectivity index (χ4n) is 2.95. The molecule has 1 aromatic heterocycles. The van der Waals surface area contributed by atoms with Crippen LogP contribution in [0, 0.1) is 0 Å². The van der Waals surface area contributed by atoms with Crippen molar-refractivity contribution < 1.29 is 17.9 Å². The number of ether oxygens (including phenoxy) is 1. The van der Waals surface area contributed by atoms with Crippen LogP contribution in [0.5, 0.6) is 0 Å². The number of aromatic nitrogens is 1. The fourth-order valence-corrected chi connectivity index (χ4v) is 4.31. The summed E-state index contributed by atoms with van der Waals surface area (Å²) in [5, 5.41) is 3.24. The molecule has 1 aliphatic heterocycles. The lowest BCUT2D eigenvalue weighted by molar-refractivity contribution is 0.0600. The topological polar surface area (TPSA) is 101 Å². The molecule has 0 radical (unpaired) electrons. The van der Waals surface area contributed by atoms with Gasteiger partial charge >= 0.3 is 5.97 Å². The molecule has 1 saturated heterocycles. The van der Waals surface area contributed by atoms with E-state index in [1.807, 2.05) is 30.3 Å². The van der Waals surface area contributed by atoms with Crippen molar-refractivity contribution in [1.82, 2.24) is 19.3 Å². The largest absolute Gasteiger partial charge is 0.465 e. The van der Waals surface area contributed by atoms with E-state index in [1.54, 1.807) is 12.1 Å². The molecule has 2 aromatic rings. The van der Waals surface area contributed by atoms with Crippen LogP contribution in [-0.2, 0) is 21.5 Å². The summed E-state index contributed by atoms with van der Waals surface area (Å²) in [6.07, 6.45) is 1.37. The first kappa shape index (κ1) is 19.4. The number of hydrogen-bond acceptors (Lipinski definition) is 6. The maximum Gasteiger partial charge on any atom is 0.339 e. The van der Waals surface area contributed by atoms with Gasteiger partial charge in [-0.2, -0.15) is 17.4 Å². The van der Waals surface area contributed by atoms with Crippen molar-refractivity contribution in [2.24, 2.45) is 0 Å². The fraction of sp³-hybridized carbons (Fsp3) is 0.333. The maximum atomic E-state index is 12.8. The molecule has 0 aliphatic carbocycles. The molecule has 27 heavy (non-hydrogen) atoms. The van der Waals surface area contributed by atoms with Gasteiger partial charge in [-0.05, 0) is 17.7 Å². The van der Waals surface area contributed by atoms with Gasteiger partial charge in [0.05, 0.1) is 31.0 Å². The van der Waals surface area contributed by atoms with Gasteiger partial charge in [0.25, 0.3) is 10.2 Å². The second kappa shape index (κ2) is 8.57. The van der Waals surface area contributed by atoms with Crippen LogP contribution in [0.2, 0.25) is 0 Å². The summed E-state index contributed by atoms with van der Waals surface area (Å²) in [7, 11) is -2.41. The third-order valence-electron chi connectivity index (χ3n) is 4.37. The zero-order valence-corrected chi connectivity index (χ0v) is 15.8. The molecule has 2 heterocycles. The van der Waals surface area contributed by atoms with Crippen LogP contribution >= 0.6 is 0 Å². The molecule has 0 saturated carbocycles. The Morgan fingerprint density at radius 2 is 2.07 bits per heavy atom. The van der Waals surface area contributed by atoms with Crippen molar-refractivity contribution in [2.45, 2.75) is 12.6 Å². The van der Waals surface area contributed by atoms with Crippen molar-refractivity contribution in [1.29, 1.82) is 0 Å². The quantitative estimate of drug-likeness (QED) is 0.710. The normalized spacial score (nSPS) is 18.2. The average Bonchev–Trinajstić information content (AvgIpc) is 2.73. The Morgan fingerprint density at radius 3 is 2.74 bits per heavy atom. The van der Waals surface area contributed by atoms with Gasteiger partial charge in [-0.1, -0.05) is 30.3 Å². The van der Waals surface area contributed by atoms with Crippen LogP contribution in [0.15, 0.2) is 48.7 Å². The van der Waals surface area contributed by atoms with Gasteiger partial charge in [0.1, 0.15) is 0 Å².